The number of carboxylic acid groups (broad SMARTS) is 1. The second kappa shape index (κ2) is 8.70. The number of hydrogen-bond donors (Lipinski definition) is 4. The second-order valence-corrected chi connectivity index (χ2v) is 7.06. The first-order valence-electron chi connectivity index (χ1n) is 9.68. The van der Waals surface area contributed by atoms with Gasteiger partial charge in [0.25, 0.3) is 5.91 Å². The summed E-state index contributed by atoms with van der Waals surface area (Å²) in [6.07, 6.45) is 0.155. The minimum Gasteiger partial charge on any atom is -0.495 e. The van der Waals surface area contributed by atoms with Crippen LogP contribution in [0.1, 0.15) is 21.7 Å². The lowest BCUT2D eigenvalue weighted by Crippen LogP contribution is -2.36. The summed E-state index contributed by atoms with van der Waals surface area (Å²) in [5, 5.41) is 17.2. The number of rotatable bonds is 6. The number of amides is 2. The van der Waals surface area contributed by atoms with E-state index in [1.807, 2.05) is 36.4 Å². The molecule has 2 aromatic carbocycles. The Morgan fingerprint density at radius 1 is 1.00 bits per heavy atom. The monoisotopic (exact) mass is 419 g/mol. The molecule has 2 amide bonds. The molecular formula is C22H21N5O4. The van der Waals surface area contributed by atoms with Crippen molar-refractivity contribution in [1.82, 2.24) is 15.3 Å². The first kappa shape index (κ1) is 20.1. The lowest BCUT2D eigenvalue weighted by molar-refractivity contribution is 0.0928. The highest BCUT2D eigenvalue weighted by Gasteiger charge is 2.24. The average Bonchev–Trinajstić information content (AvgIpc) is 3.15. The minimum absolute atomic E-state index is 0.0141. The Morgan fingerprint density at radius 2 is 1.65 bits per heavy atom. The number of fused-ring (bicyclic) bond motifs is 1. The first-order valence-corrected chi connectivity index (χ1v) is 9.68. The van der Waals surface area contributed by atoms with Gasteiger partial charge in [0.05, 0.1) is 12.8 Å². The van der Waals surface area contributed by atoms with Gasteiger partial charge in [-0.1, -0.05) is 36.4 Å². The Bertz CT molecular complexity index is 1110. The predicted molar refractivity (Wildman–Crippen MR) is 115 cm³/mol. The number of carbonyl (C=O) groups is 2. The molecule has 0 atom stereocenters. The maximum atomic E-state index is 12.9. The van der Waals surface area contributed by atoms with Crippen molar-refractivity contribution in [2.45, 2.75) is 18.9 Å². The van der Waals surface area contributed by atoms with Gasteiger partial charge in [-0.25, -0.2) is 14.8 Å². The number of carbonyl (C=O) groups excluding carboxylic acids is 1. The standard InChI is InChI=1S/C22H21N5O4/c1-31-17-9-5-4-8-16(17)24-18-12-19(27-22(29)30)26-20(25-18)21(28)23-15-10-13-6-2-3-7-14(13)11-15/h2-9,12,15H,10-11H2,1H3,(H,23,28)(H,29,30)(H2,24,25,26,27). The van der Waals surface area contributed by atoms with Crippen molar-refractivity contribution >= 4 is 29.3 Å². The number of hydrogen-bond acceptors (Lipinski definition) is 6. The van der Waals surface area contributed by atoms with Gasteiger partial charge in [-0.15, -0.1) is 0 Å². The van der Waals surface area contributed by atoms with Gasteiger partial charge in [0.15, 0.2) is 0 Å². The summed E-state index contributed by atoms with van der Waals surface area (Å²) in [6.45, 7) is 0. The molecule has 31 heavy (non-hydrogen) atoms. The molecule has 1 aliphatic rings. The third kappa shape index (κ3) is 4.72. The molecule has 0 bridgehead atoms. The highest BCUT2D eigenvalue weighted by Crippen LogP contribution is 2.27. The molecule has 3 aromatic rings. The van der Waals surface area contributed by atoms with Gasteiger partial charge >= 0.3 is 6.09 Å². The SMILES string of the molecule is COc1ccccc1Nc1cc(NC(=O)O)nc(C(=O)NC2Cc3ccccc3C2)n1. The van der Waals surface area contributed by atoms with E-state index in [4.69, 9.17) is 9.84 Å². The summed E-state index contributed by atoms with van der Waals surface area (Å²) in [6, 6.07) is 16.6. The molecule has 0 aliphatic heterocycles. The van der Waals surface area contributed by atoms with Crippen LogP contribution in [-0.2, 0) is 12.8 Å². The molecule has 0 saturated heterocycles. The number of nitrogens with zero attached hydrogens (tertiary/aromatic N) is 2. The molecule has 4 N–H and O–H groups in total. The van der Waals surface area contributed by atoms with E-state index in [-0.39, 0.29) is 23.5 Å². The van der Waals surface area contributed by atoms with Gasteiger partial charge in [0.1, 0.15) is 17.4 Å². The van der Waals surface area contributed by atoms with Crippen LogP contribution in [0.25, 0.3) is 0 Å². The third-order valence-corrected chi connectivity index (χ3v) is 4.92. The maximum absolute atomic E-state index is 12.9. The Kier molecular flexibility index (Phi) is 5.65. The molecule has 1 aromatic heterocycles. The smallest absolute Gasteiger partial charge is 0.410 e. The van der Waals surface area contributed by atoms with Crippen LogP contribution in [0.4, 0.5) is 22.1 Å². The zero-order chi connectivity index (χ0) is 21.8. The zero-order valence-electron chi connectivity index (χ0n) is 16.8. The van der Waals surface area contributed by atoms with Gasteiger partial charge in [-0.05, 0) is 36.1 Å². The van der Waals surface area contributed by atoms with E-state index in [9.17, 15) is 9.59 Å². The summed E-state index contributed by atoms with van der Waals surface area (Å²) >= 11 is 0. The van der Waals surface area contributed by atoms with Crippen LogP contribution >= 0.6 is 0 Å². The number of ether oxygens (including phenoxy) is 1. The van der Waals surface area contributed by atoms with E-state index >= 15 is 0 Å². The molecule has 9 heteroatoms. The van der Waals surface area contributed by atoms with Crippen molar-refractivity contribution in [3.8, 4) is 5.75 Å². The maximum Gasteiger partial charge on any atom is 0.410 e. The molecule has 0 fully saturated rings. The van der Waals surface area contributed by atoms with E-state index in [0.717, 1.165) is 12.8 Å². The second-order valence-electron chi connectivity index (χ2n) is 7.06. The summed E-state index contributed by atoms with van der Waals surface area (Å²) in [7, 11) is 1.54. The number of nitrogens with one attached hydrogen (secondary N) is 3. The molecule has 0 saturated carbocycles. The lowest BCUT2D eigenvalue weighted by atomic mass is 10.1. The molecule has 1 aliphatic carbocycles. The van der Waals surface area contributed by atoms with E-state index in [0.29, 0.717) is 11.4 Å². The lowest BCUT2D eigenvalue weighted by Gasteiger charge is -2.14. The van der Waals surface area contributed by atoms with Gasteiger partial charge in [-0.3, -0.25) is 10.1 Å². The van der Waals surface area contributed by atoms with Gasteiger partial charge in [-0.2, -0.15) is 0 Å². The van der Waals surface area contributed by atoms with Crippen LogP contribution in [0, 0.1) is 0 Å². The zero-order valence-corrected chi connectivity index (χ0v) is 16.8. The van der Waals surface area contributed by atoms with Crippen LogP contribution in [-0.4, -0.2) is 40.2 Å². The number of benzene rings is 2. The Hall–Kier alpha value is -4.14. The number of anilines is 3. The Morgan fingerprint density at radius 3 is 2.32 bits per heavy atom. The summed E-state index contributed by atoms with van der Waals surface area (Å²) in [5.74, 6) is 0.195. The fourth-order valence-corrected chi connectivity index (χ4v) is 3.58. The molecule has 0 spiro atoms. The van der Waals surface area contributed by atoms with Crippen molar-refractivity contribution < 1.29 is 19.4 Å². The van der Waals surface area contributed by atoms with E-state index < -0.39 is 12.0 Å². The van der Waals surface area contributed by atoms with Crippen LogP contribution in [0.2, 0.25) is 0 Å². The third-order valence-electron chi connectivity index (χ3n) is 4.92. The fraction of sp³-hybridized carbons (Fsp3) is 0.182. The van der Waals surface area contributed by atoms with E-state index in [1.165, 1.54) is 24.3 Å². The van der Waals surface area contributed by atoms with Crippen molar-refractivity contribution in [3.05, 3.63) is 71.5 Å². The molecule has 1 heterocycles. The molecule has 0 unspecified atom stereocenters. The van der Waals surface area contributed by atoms with Crippen molar-refractivity contribution in [3.63, 3.8) is 0 Å². The van der Waals surface area contributed by atoms with Crippen molar-refractivity contribution in [2.24, 2.45) is 0 Å². The highest BCUT2D eigenvalue weighted by atomic mass is 16.5. The number of methoxy groups -OCH3 is 1. The van der Waals surface area contributed by atoms with Gasteiger partial charge in [0.2, 0.25) is 5.82 Å². The first-order chi connectivity index (χ1) is 15.0. The Labute approximate surface area is 178 Å². The summed E-state index contributed by atoms with van der Waals surface area (Å²) < 4.78 is 5.31. The van der Waals surface area contributed by atoms with Crippen molar-refractivity contribution in [2.75, 3.05) is 17.7 Å². The summed E-state index contributed by atoms with van der Waals surface area (Å²) in [4.78, 5) is 32.3. The van der Waals surface area contributed by atoms with Gasteiger partial charge in [0, 0.05) is 12.1 Å². The molecule has 158 valence electrons. The average molecular weight is 419 g/mol. The number of aromatic nitrogens is 2. The largest absolute Gasteiger partial charge is 0.495 e. The van der Waals surface area contributed by atoms with Crippen LogP contribution < -0.4 is 20.7 Å². The van der Waals surface area contributed by atoms with Gasteiger partial charge < -0.3 is 20.5 Å². The topological polar surface area (TPSA) is 125 Å². The van der Waals surface area contributed by atoms with E-state index in [1.54, 1.807) is 12.1 Å². The quantitative estimate of drug-likeness (QED) is 0.483. The van der Waals surface area contributed by atoms with Crippen LogP contribution in [0.5, 0.6) is 5.75 Å². The predicted octanol–water partition coefficient (Wildman–Crippen LogP) is 3.22. The molecular weight excluding hydrogens is 398 g/mol. The number of para-hydroxylation sites is 2. The summed E-state index contributed by atoms with van der Waals surface area (Å²) in [5.41, 5.74) is 3.02. The highest BCUT2D eigenvalue weighted by molar-refractivity contribution is 5.92. The minimum atomic E-state index is -1.29. The van der Waals surface area contributed by atoms with Crippen LogP contribution in [0.3, 0.4) is 0 Å². The Balaban J connectivity index is 1.57. The van der Waals surface area contributed by atoms with Crippen LogP contribution in [0.15, 0.2) is 54.6 Å². The molecule has 0 radical (unpaired) electrons. The normalized spacial score (nSPS) is 12.7. The van der Waals surface area contributed by atoms with E-state index in [2.05, 4.69) is 25.9 Å². The van der Waals surface area contributed by atoms with Crippen molar-refractivity contribution in [1.29, 1.82) is 0 Å². The molecule has 4 rings (SSSR count). The fourth-order valence-electron chi connectivity index (χ4n) is 3.58. The molecule has 9 nitrogen and oxygen atoms in total.